The van der Waals surface area contributed by atoms with Crippen molar-refractivity contribution >= 4 is 11.7 Å². The topological polar surface area (TPSA) is 44.1 Å². The molecule has 0 N–H and O–H groups in total. The van der Waals surface area contributed by atoms with Crippen LogP contribution in [0.1, 0.15) is 29.4 Å². The van der Waals surface area contributed by atoms with Gasteiger partial charge in [-0.3, -0.25) is 0 Å². The first kappa shape index (κ1) is 14.6. The largest absolute Gasteiger partial charge is 0.448 e. The lowest BCUT2D eigenvalue weighted by Gasteiger charge is -2.05. The van der Waals surface area contributed by atoms with Gasteiger partial charge in [0.2, 0.25) is 0 Å². The Bertz CT molecular complexity index is 690. The Morgan fingerprint density at radius 2 is 2.05 bits per heavy atom. The lowest BCUT2D eigenvalue weighted by molar-refractivity contribution is 0.0549. The second-order valence-corrected chi connectivity index (χ2v) is 4.24. The van der Waals surface area contributed by atoms with Crippen LogP contribution in [0, 0.1) is 11.8 Å². The number of nitrogens with zero attached hydrogens (tertiary/aromatic N) is 2. The van der Waals surface area contributed by atoms with E-state index in [0.717, 1.165) is 12.0 Å². The number of aromatic nitrogens is 2. The van der Waals surface area contributed by atoms with Crippen LogP contribution in [0.25, 0.3) is 5.70 Å². The molecular weight excluding hydrogens is 264 g/mol. The Morgan fingerprint density at radius 1 is 1.29 bits per heavy atom. The van der Waals surface area contributed by atoms with Gasteiger partial charge in [-0.2, -0.15) is 5.10 Å². The van der Waals surface area contributed by atoms with Gasteiger partial charge in [0.1, 0.15) is 0 Å². The van der Waals surface area contributed by atoms with Gasteiger partial charge in [0.05, 0.1) is 5.70 Å². The Kier molecular flexibility index (Phi) is 4.94. The molecule has 0 aliphatic heterocycles. The molecule has 0 aliphatic carbocycles. The molecule has 1 heterocycles. The molecule has 0 amide bonds. The van der Waals surface area contributed by atoms with Crippen molar-refractivity contribution < 1.29 is 9.53 Å². The molecule has 0 aliphatic rings. The van der Waals surface area contributed by atoms with Crippen molar-refractivity contribution in [2.45, 2.75) is 13.3 Å². The third-order valence-corrected chi connectivity index (χ3v) is 2.76. The minimum Gasteiger partial charge on any atom is -0.448 e. The maximum Gasteiger partial charge on any atom is 0.359 e. The minimum atomic E-state index is -0.486. The summed E-state index contributed by atoms with van der Waals surface area (Å²) in [5.74, 6) is 5.09. The summed E-state index contributed by atoms with van der Waals surface area (Å²) in [5.41, 5.74) is 1.88. The number of carbonyl (C=O) groups is 1. The summed E-state index contributed by atoms with van der Waals surface area (Å²) >= 11 is 0. The number of benzene rings is 1. The highest BCUT2D eigenvalue weighted by Crippen LogP contribution is 2.14. The summed E-state index contributed by atoms with van der Waals surface area (Å²) in [6, 6.07) is 11.2. The summed E-state index contributed by atoms with van der Waals surface area (Å²) in [6.07, 6.45) is 2.42. The predicted molar refractivity (Wildman–Crippen MR) is 81.5 cm³/mol. The first-order valence-electron chi connectivity index (χ1n) is 6.65. The summed E-state index contributed by atoms with van der Waals surface area (Å²) in [6.45, 7) is 6.00. The van der Waals surface area contributed by atoms with E-state index < -0.39 is 5.97 Å². The maximum absolute atomic E-state index is 11.8. The molecule has 0 radical (unpaired) electrons. The minimum absolute atomic E-state index is 0.0825. The number of esters is 1. The molecule has 4 nitrogen and oxygen atoms in total. The van der Waals surface area contributed by atoms with E-state index >= 15 is 0 Å². The van der Waals surface area contributed by atoms with E-state index in [0.29, 0.717) is 5.70 Å². The van der Waals surface area contributed by atoms with Gasteiger partial charge >= 0.3 is 5.97 Å². The van der Waals surface area contributed by atoms with Crippen molar-refractivity contribution in [2.24, 2.45) is 0 Å². The fraction of sp³-hybridized carbons (Fsp3) is 0.176. The van der Waals surface area contributed by atoms with E-state index in [9.17, 15) is 4.79 Å². The van der Waals surface area contributed by atoms with Gasteiger partial charge in [-0.15, -0.1) is 5.92 Å². The van der Waals surface area contributed by atoms with Crippen LogP contribution >= 0.6 is 0 Å². The zero-order valence-corrected chi connectivity index (χ0v) is 11.9. The van der Waals surface area contributed by atoms with Crippen molar-refractivity contribution in [1.29, 1.82) is 0 Å². The number of hydrogen-bond acceptors (Lipinski definition) is 3. The Morgan fingerprint density at radius 3 is 2.76 bits per heavy atom. The van der Waals surface area contributed by atoms with E-state index in [1.165, 1.54) is 0 Å². The van der Waals surface area contributed by atoms with Crippen molar-refractivity contribution in [2.75, 3.05) is 6.61 Å². The first-order valence-corrected chi connectivity index (χ1v) is 6.65. The van der Waals surface area contributed by atoms with Crippen LogP contribution in [-0.4, -0.2) is 22.4 Å². The van der Waals surface area contributed by atoms with Crippen LogP contribution in [0.5, 0.6) is 0 Å². The van der Waals surface area contributed by atoms with E-state index in [1.54, 1.807) is 16.9 Å². The van der Waals surface area contributed by atoms with Gasteiger partial charge in [-0.1, -0.05) is 49.8 Å². The first-order chi connectivity index (χ1) is 10.2. The smallest absolute Gasteiger partial charge is 0.359 e. The third-order valence-electron chi connectivity index (χ3n) is 2.76. The molecule has 0 spiro atoms. The second kappa shape index (κ2) is 7.11. The fourth-order valence-electron chi connectivity index (χ4n) is 1.70. The van der Waals surface area contributed by atoms with Crippen molar-refractivity contribution in [3.05, 3.63) is 60.4 Å². The molecule has 1 aromatic heterocycles. The summed E-state index contributed by atoms with van der Waals surface area (Å²) in [5, 5.41) is 4.18. The van der Waals surface area contributed by atoms with Crippen molar-refractivity contribution in [1.82, 2.24) is 9.78 Å². The van der Waals surface area contributed by atoms with Crippen molar-refractivity contribution in [3.63, 3.8) is 0 Å². The Hall–Kier alpha value is -2.80. The molecular formula is C17H16N2O2. The standard InChI is InChI=1S/C17H16N2O2/c1-3-4-8-13-21-17(20)16-11-12-19(18-16)14(2)15-9-6-5-7-10-15/h5-7,9-12H,2-3,13H2,1H3. The summed E-state index contributed by atoms with van der Waals surface area (Å²) in [7, 11) is 0. The average molecular weight is 280 g/mol. The molecule has 0 fully saturated rings. The van der Waals surface area contributed by atoms with Gasteiger partial charge in [-0.05, 0) is 11.6 Å². The molecule has 0 unspecified atom stereocenters. The summed E-state index contributed by atoms with van der Waals surface area (Å²) < 4.78 is 6.57. The number of carbonyl (C=O) groups excluding carboxylic acids is 1. The highest BCUT2D eigenvalue weighted by Gasteiger charge is 2.12. The van der Waals surface area contributed by atoms with Crippen LogP contribution in [0.4, 0.5) is 0 Å². The number of hydrogen-bond donors (Lipinski definition) is 0. The molecule has 0 atom stereocenters. The molecule has 0 bridgehead atoms. The molecule has 106 valence electrons. The van der Waals surface area contributed by atoms with Crippen LogP contribution in [0.2, 0.25) is 0 Å². The number of ether oxygens (including phenoxy) is 1. The molecule has 2 rings (SSSR count). The fourth-order valence-corrected chi connectivity index (χ4v) is 1.70. The van der Waals surface area contributed by atoms with Gasteiger partial charge in [-0.25, -0.2) is 9.48 Å². The third kappa shape index (κ3) is 3.83. The van der Waals surface area contributed by atoms with Crippen LogP contribution in [0.15, 0.2) is 49.2 Å². The SMILES string of the molecule is C=C(c1ccccc1)n1ccc(C(=O)OCC#CCC)n1. The number of rotatable bonds is 4. The predicted octanol–water partition coefficient (Wildman–Crippen LogP) is 2.97. The zero-order valence-electron chi connectivity index (χ0n) is 11.9. The highest BCUT2D eigenvalue weighted by atomic mass is 16.5. The van der Waals surface area contributed by atoms with E-state index in [1.807, 2.05) is 37.3 Å². The molecule has 1 aromatic carbocycles. The Balaban J connectivity index is 2.04. The normalized spacial score (nSPS) is 9.57. The Labute approximate surface area is 124 Å². The highest BCUT2D eigenvalue weighted by molar-refractivity contribution is 5.87. The summed E-state index contributed by atoms with van der Waals surface area (Å²) in [4.78, 5) is 11.8. The van der Waals surface area contributed by atoms with E-state index in [-0.39, 0.29) is 12.3 Å². The molecule has 2 aromatic rings. The average Bonchev–Trinajstić information content (AvgIpc) is 3.01. The van der Waals surface area contributed by atoms with Gasteiger partial charge < -0.3 is 4.74 Å². The van der Waals surface area contributed by atoms with Crippen LogP contribution in [0.3, 0.4) is 0 Å². The maximum atomic E-state index is 11.8. The lowest BCUT2D eigenvalue weighted by Crippen LogP contribution is -2.07. The second-order valence-electron chi connectivity index (χ2n) is 4.24. The lowest BCUT2D eigenvalue weighted by atomic mass is 10.2. The van der Waals surface area contributed by atoms with Gasteiger partial charge in [0.15, 0.2) is 12.3 Å². The van der Waals surface area contributed by atoms with Gasteiger partial charge in [0, 0.05) is 12.6 Å². The van der Waals surface area contributed by atoms with E-state index in [2.05, 4.69) is 23.5 Å². The van der Waals surface area contributed by atoms with E-state index in [4.69, 9.17) is 4.74 Å². The zero-order chi connectivity index (χ0) is 15.1. The molecule has 4 heteroatoms. The van der Waals surface area contributed by atoms with Gasteiger partial charge in [0.25, 0.3) is 0 Å². The quantitative estimate of drug-likeness (QED) is 0.639. The van der Waals surface area contributed by atoms with Crippen LogP contribution in [-0.2, 0) is 4.74 Å². The van der Waals surface area contributed by atoms with Crippen molar-refractivity contribution in [3.8, 4) is 11.8 Å². The monoisotopic (exact) mass is 280 g/mol. The molecule has 0 saturated heterocycles. The molecule has 0 saturated carbocycles. The van der Waals surface area contributed by atoms with Crippen LogP contribution < -0.4 is 0 Å². The molecule has 21 heavy (non-hydrogen) atoms.